The standard InChI is InChI=1S/C24H21F2N5O2S/c1-30-12-15-20(34-30)9-7-18(22(15)13-5-6-14(27)11-13)28-24(33)19-8-10-21(32)31(29-19)23-16(25)3-2-4-17(23)26/h2-4,7-10,12-14H,5-6,11,27H2,1H3/p+1/t13?,14-/m1/s1. The van der Waals surface area contributed by atoms with Crippen molar-refractivity contribution in [1.29, 1.82) is 0 Å². The van der Waals surface area contributed by atoms with Crippen LogP contribution in [0.4, 0.5) is 14.5 Å². The van der Waals surface area contributed by atoms with Gasteiger partial charge in [0.25, 0.3) is 11.5 Å². The number of amides is 1. The molecule has 2 aromatic heterocycles. The summed E-state index contributed by atoms with van der Waals surface area (Å²) in [7, 11) is 1.96. The molecule has 2 atom stereocenters. The molecule has 2 heterocycles. The molecule has 0 saturated heterocycles. The predicted molar refractivity (Wildman–Crippen MR) is 125 cm³/mol. The lowest BCUT2D eigenvalue weighted by Crippen LogP contribution is -2.26. The van der Waals surface area contributed by atoms with Crippen LogP contribution in [0.15, 0.2) is 53.5 Å². The van der Waals surface area contributed by atoms with Gasteiger partial charge in [-0.2, -0.15) is 9.78 Å². The molecule has 4 aromatic rings. The van der Waals surface area contributed by atoms with Gasteiger partial charge in [0.2, 0.25) is 0 Å². The Kier molecular flexibility index (Phi) is 5.70. The molecule has 34 heavy (non-hydrogen) atoms. The van der Waals surface area contributed by atoms with E-state index >= 15 is 0 Å². The lowest BCUT2D eigenvalue weighted by Gasteiger charge is -2.17. The number of benzene rings is 2. The summed E-state index contributed by atoms with van der Waals surface area (Å²) >= 11 is 1.60. The molecule has 7 nitrogen and oxygen atoms in total. The summed E-state index contributed by atoms with van der Waals surface area (Å²) in [6.07, 6.45) is 4.68. The second-order valence-electron chi connectivity index (χ2n) is 8.47. The van der Waals surface area contributed by atoms with Crippen molar-refractivity contribution in [1.82, 2.24) is 9.78 Å². The number of anilines is 1. The van der Waals surface area contributed by atoms with Crippen LogP contribution in [0, 0.1) is 11.6 Å². The summed E-state index contributed by atoms with van der Waals surface area (Å²) in [4.78, 5) is 25.4. The van der Waals surface area contributed by atoms with E-state index in [0.29, 0.717) is 10.4 Å². The van der Waals surface area contributed by atoms with E-state index in [1.165, 1.54) is 12.1 Å². The molecule has 1 unspecified atom stereocenters. The lowest BCUT2D eigenvalue weighted by atomic mass is 9.92. The van der Waals surface area contributed by atoms with E-state index < -0.39 is 28.8 Å². The quantitative estimate of drug-likeness (QED) is 0.436. The second-order valence-corrected chi connectivity index (χ2v) is 9.67. The number of nitrogens with one attached hydrogen (secondary N) is 1. The van der Waals surface area contributed by atoms with E-state index in [2.05, 4.69) is 10.4 Å². The number of para-hydroxylation sites is 1. The highest BCUT2D eigenvalue weighted by atomic mass is 32.1. The number of aromatic nitrogens is 3. The molecule has 1 amide bonds. The fraction of sp³-hybridized carbons (Fsp3) is 0.250. The van der Waals surface area contributed by atoms with Crippen LogP contribution in [0.1, 0.15) is 41.2 Å². The monoisotopic (exact) mass is 482 g/mol. The minimum Gasteiger partial charge on any atom is -0.328 e. The third-order valence-electron chi connectivity index (χ3n) is 6.11. The van der Waals surface area contributed by atoms with Crippen molar-refractivity contribution in [3.05, 3.63) is 81.9 Å². The average Bonchev–Trinajstić information content (AvgIpc) is 3.39. The number of carbonyl (C=O) groups is 1. The molecule has 1 fully saturated rings. The van der Waals surface area contributed by atoms with Gasteiger partial charge < -0.3 is 11.1 Å². The van der Waals surface area contributed by atoms with E-state index in [1.807, 2.05) is 29.3 Å². The average molecular weight is 483 g/mol. The zero-order valence-electron chi connectivity index (χ0n) is 18.3. The second kappa shape index (κ2) is 8.69. The number of hydrogen-bond acceptors (Lipinski definition) is 5. The maximum Gasteiger partial charge on any atom is 0.276 e. The number of hydrogen-bond donors (Lipinski definition) is 2. The van der Waals surface area contributed by atoms with Crippen molar-refractivity contribution in [3.63, 3.8) is 0 Å². The fourth-order valence-corrected chi connectivity index (χ4v) is 5.45. The van der Waals surface area contributed by atoms with E-state index in [1.54, 1.807) is 11.5 Å². The highest BCUT2D eigenvalue weighted by Gasteiger charge is 2.29. The highest BCUT2D eigenvalue weighted by Crippen LogP contribution is 2.42. The number of fused-ring (bicyclic) bond motifs is 1. The summed E-state index contributed by atoms with van der Waals surface area (Å²) < 4.78 is 32.2. The van der Waals surface area contributed by atoms with Crippen LogP contribution in [0.3, 0.4) is 0 Å². The summed E-state index contributed by atoms with van der Waals surface area (Å²) in [5.74, 6) is -2.31. The Hall–Kier alpha value is -3.50. The molecule has 0 spiro atoms. The maximum absolute atomic E-state index is 14.3. The molecule has 1 aliphatic carbocycles. The van der Waals surface area contributed by atoms with Crippen LogP contribution >= 0.6 is 11.5 Å². The first kappa shape index (κ1) is 22.3. The van der Waals surface area contributed by atoms with Crippen molar-refractivity contribution in [2.24, 2.45) is 12.8 Å². The molecule has 0 radical (unpaired) electrons. The van der Waals surface area contributed by atoms with Crippen molar-refractivity contribution in [2.75, 3.05) is 5.32 Å². The first-order chi connectivity index (χ1) is 16.3. The van der Waals surface area contributed by atoms with Crippen molar-refractivity contribution < 1.29 is 17.5 Å². The van der Waals surface area contributed by atoms with Gasteiger partial charge in [0.15, 0.2) is 24.9 Å². The van der Waals surface area contributed by atoms with Gasteiger partial charge in [-0.25, -0.2) is 8.78 Å². The number of nitrogens with zero attached hydrogens (tertiary/aromatic N) is 3. The van der Waals surface area contributed by atoms with Crippen LogP contribution < -0.4 is 20.6 Å². The van der Waals surface area contributed by atoms with Crippen LogP contribution in [-0.4, -0.2) is 21.7 Å². The number of halogens is 2. The SMILES string of the molecule is C[n+]1cc2c(C3CC[C@@H](N)C3)c(NC(=O)c3ccc(=O)n(-c4c(F)cccc4F)n3)ccc2s1. The molecule has 3 N–H and O–H groups in total. The van der Waals surface area contributed by atoms with E-state index in [9.17, 15) is 18.4 Å². The third-order valence-corrected chi connectivity index (χ3v) is 7.06. The maximum atomic E-state index is 14.3. The summed E-state index contributed by atoms with van der Waals surface area (Å²) in [5, 5.41) is 7.91. The number of rotatable bonds is 4. The van der Waals surface area contributed by atoms with Crippen LogP contribution in [0.2, 0.25) is 0 Å². The lowest BCUT2D eigenvalue weighted by molar-refractivity contribution is -0.599. The minimum absolute atomic E-state index is 0.108. The first-order valence-electron chi connectivity index (χ1n) is 10.9. The Labute approximate surface area is 197 Å². The molecule has 0 bridgehead atoms. The van der Waals surface area contributed by atoms with Crippen LogP contribution in [-0.2, 0) is 7.05 Å². The molecule has 174 valence electrons. The Bertz CT molecular complexity index is 1460. The Morgan fingerprint density at radius 3 is 2.65 bits per heavy atom. The van der Waals surface area contributed by atoms with E-state index in [-0.39, 0.29) is 17.7 Å². The van der Waals surface area contributed by atoms with E-state index in [4.69, 9.17) is 5.73 Å². The minimum atomic E-state index is -0.956. The molecule has 0 aliphatic heterocycles. The first-order valence-corrected chi connectivity index (χ1v) is 11.6. The Morgan fingerprint density at radius 2 is 1.94 bits per heavy atom. The molecular formula is C24H22F2N5O2S+. The molecule has 1 aliphatic rings. The zero-order chi connectivity index (χ0) is 24.0. The van der Waals surface area contributed by atoms with Crippen molar-refractivity contribution >= 4 is 33.2 Å². The van der Waals surface area contributed by atoms with Gasteiger partial charge in [0, 0.05) is 17.8 Å². The summed E-state index contributed by atoms with van der Waals surface area (Å²) in [6, 6.07) is 9.43. The van der Waals surface area contributed by atoms with Crippen LogP contribution in [0.5, 0.6) is 0 Å². The van der Waals surface area contributed by atoms with Crippen LogP contribution in [0.25, 0.3) is 15.8 Å². The smallest absolute Gasteiger partial charge is 0.276 e. The number of carbonyl (C=O) groups excluding carboxylic acids is 1. The van der Waals surface area contributed by atoms with Gasteiger partial charge in [-0.3, -0.25) is 9.59 Å². The molecule has 2 aromatic carbocycles. The number of nitrogens with two attached hydrogens (primary N) is 1. The molecular weight excluding hydrogens is 460 g/mol. The van der Waals surface area contributed by atoms with Gasteiger partial charge in [0.05, 0.1) is 5.39 Å². The van der Waals surface area contributed by atoms with Gasteiger partial charge in [-0.05, 0) is 61.1 Å². The van der Waals surface area contributed by atoms with Crippen molar-refractivity contribution in [2.45, 2.75) is 31.2 Å². The predicted octanol–water partition coefficient (Wildman–Crippen LogP) is 3.40. The molecule has 5 rings (SSSR count). The highest BCUT2D eigenvalue weighted by molar-refractivity contribution is 7.09. The molecule has 1 saturated carbocycles. The number of aryl methyl sites for hydroxylation is 1. The molecule has 10 heteroatoms. The van der Waals surface area contributed by atoms with E-state index in [0.717, 1.165) is 53.1 Å². The van der Waals surface area contributed by atoms with Gasteiger partial charge >= 0.3 is 0 Å². The van der Waals surface area contributed by atoms with Gasteiger partial charge in [-0.1, -0.05) is 6.07 Å². The Balaban J connectivity index is 1.54. The van der Waals surface area contributed by atoms with Gasteiger partial charge in [0.1, 0.15) is 27.6 Å². The third kappa shape index (κ3) is 3.99. The normalized spacial score (nSPS) is 17.9. The summed E-state index contributed by atoms with van der Waals surface area (Å²) in [6.45, 7) is 0. The fourth-order valence-electron chi connectivity index (χ4n) is 4.59. The van der Waals surface area contributed by atoms with Gasteiger partial charge in [-0.15, -0.1) is 3.96 Å². The summed E-state index contributed by atoms with van der Waals surface area (Å²) in [5.41, 5.74) is 6.29. The largest absolute Gasteiger partial charge is 0.328 e. The van der Waals surface area contributed by atoms with Crippen molar-refractivity contribution in [3.8, 4) is 5.69 Å². The zero-order valence-corrected chi connectivity index (χ0v) is 19.1. The Morgan fingerprint density at radius 1 is 1.18 bits per heavy atom. The topological polar surface area (TPSA) is 93.9 Å².